The van der Waals surface area contributed by atoms with Crippen molar-refractivity contribution in [1.29, 1.82) is 0 Å². The molecule has 0 spiro atoms. The predicted octanol–water partition coefficient (Wildman–Crippen LogP) is 5.40. The van der Waals surface area contributed by atoms with Crippen LogP contribution in [0.4, 0.5) is 0 Å². The van der Waals surface area contributed by atoms with E-state index in [1.807, 2.05) is 18.2 Å². The molecular weight excluding hydrogens is 465 g/mol. The molecule has 0 saturated carbocycles. The van der Waals surface area contributed by atoms with Gasteiger partial charge in [0.25, 0.3) is 0 Å². The summed E-state index contributed by atoms with van der Waals surface area (Å²) in [5.74, 6) is 0.495. The van der Waals surface area contributed by atoms with Gasteiger partial charge in [0.15, 0.2) is 11.5 Å². The third-order valence-corrected chi connectivity index (χ3v) is 7.81. The summed E-state index contributed by atoms with van der Waals surface area (Å²) in [4.78, 5) is 24.8. The van der Waals surface area contributed by atoms with E-state index in [9.17, 15) is 4.79 Å². The monoisotopic (exact) mass is 481 g/mol. The van der Waals surface area contributed by atoms with Crippen molar-refractivity contribution in [1.82, 2.24) is 24.1 Å². The van der Waals surface area contributed by atoms with Gasteiger partial charge in [0.2, 0.25) is 0 Å². The number of hydrogen-bond donors (Lipinski definition) is 0. The Morgan fingerprint density at radius 1 is 1.12 bits per heavy atom. The molecule has 160 valence electrons. The third-order valence-electron chi connectivity index (χ3n) is 5.90. The molecule has 1 aliphatic rings. The second-order valence-electron chi connectivity index (χ2n) is 7.91. The molecule has 4 heterocycles. The van der Waals surface area contributed by atoms with Gasteiger partial charge in [-0.25, -0.2) is 9.78 Å². The van der Waals surface area contributed by atoms with Crippen molar-refractivity contribution in [3.05, 3.63) is 79.3 Å². The van der Waals surface area contributed by atoms with Gasteiger partial charge in [-0.15, -0.1) is 16.4 Å². The van der Waals surface area contributed by atoms with Gasteiger partial charge in [0.05, 0.1) is 11.9 Å². The molecule has 0 bridgehead atoms. The van der Waals surface area contributed by atoms with Gasteiger partial charge < -0.3 is 0 Å². The maximum atomic E-state index is 13.6. The first-order chi connectivity index (χ1) is 15.6. The van der Waals surface area contributed by atoms with Crippen molar-refractivity contribution >= 4 is 50.4 Å². The maximum Gasteiger partial charge on any atom is 0.352 e. The molecule has 4 aromatic heterocycles. The molecule has 9 heteroatoms. The summed E-state index contributed by atoms with van der Waals surface area (Å²) < 4.78 is 3.19. The molecule has 0 aliphatic heterocycles. The van der Waals surface area contributed by atoms with Crippen LogP contribution in [0.15, 0.2) is 47.5 Å². The fraction of sp³-hybridized carbons (Fsp3) is 0.217. The van der Waals surface area contributed by atoms with Gasteiger partial charge in [-0.1, -0.05) is 29.3 Å². The highest BCUT2D eigenvalue weighted by atomic mass is 35.5. The summed E-state index contributed by atoms with van der Waals surface area (Å²) in [5, 5.41) is 6.71. The lowest BCUT2D eigenvalue weighted by Gasteiger charge is -2.11. The second-order valence-corrected chi connectivity index (χ2v) is 9.84. The minimum absolute atomic E-state index is 0.236. The molecule has 1 aromatic carbocycles. The summed E-state index contributed by atoms with van der Waals surface area (Å²) >= 11 is 14.2. The zero-order valence-electron chi connectivity index (χ0n) is 16.9. The highest BCUT2D eigenvalue weighted by Gasteiger charge is 2.25. The van der Waals surface area contributed by atoms with Gasteiger partial charge in [0, 0.05) is 32.9 Å². The highest BCUT2D eigenvalue weighted by Crippen LogP contribution is 2.38. The number of nitrogens with zero attached hydrogens (tertiary/aromatic N) is 5. The Hall–Kier alpha value is -2.74. The quantitative estimate of drug-likeness (QED) is 0.345. The van der Waals surface area contributed by atoms with E-state index >= 15 is 0 Å². The average molecular weight is 482 g/mol. The van der Waals surface area contributed by atoms with Crippen molar-refractivity contribution in [2.24, 2.45) is 0 Å². The van der Waals surface area contributed by atoms with Crippen LogP contribution in [-0.4, -0.2) is 24.1 Å². The minimum Gasteiger partial charge on any atom is -0.278 e. The lowest BCUT2D eigenvalue weighted by molar-refractivity contribution is 0.698. The molecule has 0 saturated heterocycles. The number of aromatic nitrogens is 5. The highest BCUT2D eigenvalue weighted by molar-refractivity contribution is 7.19. The van der Waals surface area contributed by atoms with Crippen molar-refractivity contribution < 1.29 is 0 Å². The Morgan fingerprint density at radius 3 is 2.81 bits per heavy atom. The molecule has 0 amide bonds. The van der Waals surface area contributed by atoms with Gasteiger partial charge >= 0.3 is 5.69 Å². The largest absolute Gasteiger partial charge is 0.352 e. The number of rotatable bonds is 3. The van der Waals surface area contributed by atoms with E-state index in [0.29, 0.717) is 28.1 Å². The van der Waals surface area contributed by atoms with Crippen LogP contribution in [0.5, 0.6) is 0 Å². The molecule has 0 unspecified atom stereocenters. The van der Waals surface area contributed by atoms with Crippen LogP contribution in [0.2, 0.25) is 10.0 Å². The van der Waals surface area contributed by atoms with Gasteiger partial charge in [-0.05, 0) is 61.1 Å². The molecule has 0 radical (unpaired) electrons. The van der Waals surface area contributed by atoms with Crippen LogP contribution in [0.3, 0.4) is 0 Å². The van der Waals surface area contributed by atoms with E-state index < -0.39 is 0 Å². The summed E-state index contributed by atoms with van der Waals surface area (Å²) in [6.45, 7) is 0.336. The molecule has 0 N–H and O–H groups in total. The normalized spacial score (nSPS) is 13.7. The standard InChI is InChI=1S/C23H17Cl2N5OS/c24-15-8-7-14(17(25)10-15)12-29-22-19(16-5-1-2-6-18(16)32-22)21-27-20(28-30(21)23(29)31)13-4-3-9-26-11-13/h3-4,7-11H,1-2,5-6,12H2. The minimum atomic E-state index is -0.236. The lowest BCUT2D eigenvalue weighted by Crippen LogP contribution is -2.28. The number of pyridine rings is 1. The molecule has 32 heavy (non-hydrogen) atoms. The van der Waals surface area contributed by atoms with E-state index in [2.05, 4.69) is 10.1 Å². The van der Waals surface area contributed by atoms with Gasteiger partial charge in [-0.2, -0.15) is 4.52 Å². The SMILES string of the molecule is O=c1n(Cc2ccc(Cl)cc2Cl)c2sc3c(c2c2nc(-c4cccnc4)nn12)CCCC3. The van der Waals surface area contributed by atoms with Crippen LogP contribution in [0.1, 0.15) is 28.8 Å². The summed E-state index contributed by atoms with van der Waals surface area (Å²) in [5.41, 5.74) is 3.28. The van der Waals surface area contributed by atoms with Gasteiger partial charge in [0.1, 0.15) is 4.83 Å². The first-order valence-corrected chi connectivity index (χ1v) is 12.0. The Bertz CT molecular complexity index is 1550. The van der Waals surface area contributed by atoms with E-state index in [0.717, 1.165) is 47.0 Å². The Labute approximate surface area is 197 Å². The van der Waals surface area contributed by atoms with Crippen molar-refractivity contribution in [3.63, 3.8) is 0 Å². The Kier molecular flexibility index (Phi) is 4.78. The van der Waals surface area contributed by atoms with Crippen LogP contribution >= 0.6 is 34.5 Å². The number of thiophene rings is 1. The van der Waals surface area contributed by atoms with E-state index in [4.69, 9.17) is 28.2 Å². The average Bonchev–Trinajstić information content (AvgIpc) is 3.40. The number of hydrogen-bond acceptors (Lipinski definition) is 5. The molecule has 5 aromatic rings. The summed E-state index contributed by atoms with van der Waals surface area (Å²) in [7, 11) is 0. The number of halogens is 2. The maximum absolute atomic E-state index is 13.6. The topological polar surface area (TPSA) is 65.1 Å². The first kappa shape index (κ1) is 19.9. The van der Waals surface area contributed by atoms with Crippen LogP contribution < -0.4 is 5.69 Å². The molecular formula is C23H17Cl2N5OS. The first-order valence-electron chi connectivity index (χ1n) is 10.4. The molecule has 0 atom stereocenters. The van der Waals surface area contributed by atoms with E-state index in [-0.39, 0.29) is 5.69 Å². The zero-order valence-corrected chi connectivity index (χ0v) is 19.2. The van der Waals surface area contributed by atoms with E-state index in [1.165, 1.54) is 15.0 Å². The molecule has 0 fully saturated rings. The fourth-order valence-corrected chi connectivity index (χ4v) is 6.20. The lowest BCUT2D eigenvalue weighted by atomic mass is 9.97. The molecule has 6 nitrogen and oxygen atoms in total. The third kappa shape index (κ3) is 3.15. The predicted molar refractivity (Wildman–Crippen MR) is 128 cm³/mol. The fourth-order valence-electron chi connectivity index (χ4n) is 4.36. The smallest absolute Gasteiger partial charge is 0.278 e. The van der Waals surface area contributed by atoms with Crippen LogP contribution in [0.25, 0.3) is 27.3 Å². The Balaban J connectivity index is 1.65. The molecule has 1 aliphatic carbocycles. The number of aryl methyl sites for hydroxylation is 2. The van der Waals surface area contributed by atoms with Crippen LogP contribution in [-0.2, 0) is 19.4 Å². The number of fused-ring (bicyclic) bond motifs is 5. The molecule has 6 rings (SSSR count). The van der Waals surface area contributed by atoms with Gasteiger partial charge in [-0.3, -0.25) is 9.55 Å². The zero-order chi connectivity index (χ0) is 21.8. The second kappa shape index (κ2) is 7.69. The van der Waals surface area contributed by atoms with Crippen LogP contribution in [0, 0.1) is 0 Å². The summed E-state index contributed by atoms with van der Waals surface area (Å²) in [6, 6.07) is 9.09. The van der Waals surface area contributed by atoms with Crippen molar-refractivity contribution in [2.45, 2.75) is 32.2 Å². The van der Waals surface area contributed by atoms with E-state index in [1.54, 1.807) is 40.4 Å². The Morgan fingerprint density at radius 2 is 2.00 bits per heavy atom. The van der Waals surface area contributed by atoms with Crippen molar-refractivity contribution in [3.8, 4) is 11.4 Å². The number of benzene rings is 1. The van der Waals surface area contributed by atoms with Crippen molar-refractivity contribution in [2.75, 3.05) is 0 Å². The summed E-state index contributed by atoms with van der Waals surface area (Å²) in [6.07, 6.45) is 7.73.